The first kappa shape index (κ1) is 25.9. The first-order valence-electron chi connectivity index (χ1n) is 12.4. The molecule has 0 fully saturated rings. The molecule has 1 amide bonds. The van der Waals surface area contributed by atoms with E-state index in [4.69, 9.17) is 14.2 Å². The first-order chi connectivity index (χ1) is 17.2. The van der Waals surface area contributed by atoms with E-state index in [1.165, 1.54) is 25.7 Å². The molecule has 0 radical (unpaired) electrons. The fourth-order valence-electron chi connectivity index (χ4n) is 3.48. The largest absolute Gasteiger partial charge is 0.494 e. The second-order valence-electron chi connectivity index (χ2n) is 8.19. The SMILES string of the molecule is CCCCCCCOc1ccc(NC(=O)CNc2ccccc2OCCOc2ccccc2)cc1. The number of amides is 1. The average Bonchev–Trinajstić information content (AvgIpc) is 2.89. The Balaban J connectivity index is 1.37. The second kappa shape index (κ2) is 15.3. The van der Waals surface area contributed by atoms with Crippen LogP contribution in [0.3, 0.4) is 0 Å². The highest BCUT2D eigenvalue weighted by Gasteiger charge is 2.07. The highest BCUT2D eigenvalue weighted by Crippen LogP contribution is 2.23. The van der Waals surface area contributed by atoms with Gasteiger partial charge in [-0.05, 0) is 55.0 Å². The lowest BCUT2D eigenvalue weighted by molar-refractivity contribution is -0.114. The molecule has 6 heteroatoms. The van der Waals surface area contributed by atoms with Gasteiger partial charge in [0.05, 0.1) is 18.8 Å². The number of carbonyl (C=O) groups excluding carboxylic acids is 1. The monoisotopic (exact) mass is 476 g/mol. The minimum absolute atomic E-state index is 0.122. The Kier molecular flexibility index (Phi) is 11.3. The summed E-state index contributed by atoms with van der Waals surface area (Å²) in [6, 6.07) is 24.6. The van der Waals surface area contributed by atoms with Crippen LogP contribution in [0.2, 0.25) is 0 Å². The summed E-state index contributed by atoms with van der Waals surface area (Å²) < 4.78 is 17.3. The molecule has 0 saturated carbocycles. The van der Waals surface area contributed by atoms with Crippen molar-refractivity contribution >= 4 is 17.3 Å². The van der Waals surface area contributed by atoms with Gasteiger partial charge in [0.2, 0.25) is 5.91 Å². The number of hydrogen-bond donors (Lipinski definition) is 2. The van der Waals surface area contributed by atoms with Crippen LogP contribution in [-0.2, 0) is 4.79 Å². The molecule has 6 nitrogen and oxygen atoms in total. The molecule has 0 unspecified atom stereocenters. The highest BCUT2D eigenvalue weighted by molar-refractivity contribution is 5.94. The molecule has 2 N–H and O–H groups in total. The Bertz CT molecular complexity index is 993. The molecule has 3 aromatic carbocycles. The number of benzene rings is 3. The molecule has 0 aromatic heterocycles. The van der Waals surface area contributed by atoms with Gasteiger partial charge < -0.3 is 24.8 Å². The third-order valence-corrected chi connectivity index (χ3v) is 5.33. The zero-order valence-electron chi connectivity index (χ0n) is 20.5. The fourth-order valence-corrected chi connectivity index (χ4v) is 3.48. The van der Waals surface area contributed by atoms with Gasteiger partial charge in [0.25, 0.3) is 0 Å². The number of carbonyl (C=O) groups is 1. The van der Waals surface area contributed by atoms with E-state index in [1.54, 1.807) is 0 Å². The van der Waals surface area contributed by atoms with Gasteiger partial charge in [0, 0.05) is 5.69 Å². The van der Waals surface area contributed by atoms with Crippen molar-refractivity contribution < 1.29 is 19.0 Å². The van der Waals surface area contributed by atoms with E-state index in [9.17, 15) is 4.79 Å². The quantitative estimate of drug-likeness (QED) is 0.230. The van der Waals surface area contributed by atoms with E-state index in [2.05, 4.69) is 17.6 Å². The van der Waals surface area contributed by atoms with Crippen LogP contribution in [0.1, 0.15) is 39.0 Å². The van der Waals surface area contributed by atoms with Crippen molar-refractivity contribution in [1.29, 1.82) is 0 Å². The summed E-state index contributed by atoms with van der Waals surface area (Å²) >= 11 is 0. The molecule has 0 atom stereocenters. The summed E-state index contributed by atoms with van der Waals surface area (Å²) in [5.41, 5.74) is 1.49. The molecule has 0 aliphatic carbocycles. The van der Waals surface area contributed by atoms with E-state index in [1.807, 2.05) is 78.9 Å². The lowest BCUT2D eigenvalue weighted by atomic mass is 10.2. The number of rotatable bonds is 16. The molecule has 0 saturated heterocycles. The first-order valence-corrected chi connectivity index (χ1v) is 12.4. The number of anilines is 2. The smallest absolute Gasteiger partial charge is 0.243 e. The van der Waals surface area contributed by atoms with Crippen molar-refractivity contribution in [3.63, 3.8) is 0 Å². The third-order valence-electron chi connectivity index (χ3n) is 5.33. The maximum absolute atomic E-state index is 12.4. The lowest BCUT2D eigenvalue weighted by Gasteiger charge is -2.14. The summed E-state index contributed by atoms with van der Waals surface area (Å²) in [5.74, 6) is 2.16. The Labute approximate surface area is 208 Å². The lowest BCUT2D eigenvalue weighted by Crippen LogP contribution is -2.22. The van der Waals surface area contributed by atoms with Gasteiger partial charge in [-0.25, -0.2) is 0 Å². The number of ether oxygens (including phenoxy) is 3. The maximum atomic E-state index is 12.4. The number of unbranched alkanes of at least 4 members (excludes halogenated alkanes) is 4. The van der Waals surface area contributed by atoms with Gasteiger partial charge >= 0.3 is 0 Å². The maximum Gasteiger partial charge on any atom is 0.243 e. The van der Waals surface area contributed by atoms with Gasteiger partial charge in [0.1, 0.15) is 30.5 Å². The van der Waals surface area contributed by atoms with Crippen LogP contribution in [0, 0.1) is 0 Å². The zero-order valence-corrected chi connectivity index (χ0v) is 20.5. The molecule has 35 heavy (non-hydrogen) atoms. The van der Waals surface area contributed by atoms with E-state index in [0.717, 1.165) is 35.9 Å². The second-order valence-corrected chi connectivity index (χ2v) is 8.19. The van der Waals surface area contributed by atoms with Crippen molar-refractivity contribution in [1.82, 2.24) is 0 Å². The number of nitrogens with one attached hydrogen (secondary N) is 2. The summed E-state index contributed by atoms with van der Waals surface area (Å²) in [4.78, 5) is 12.4. The molecular weight excluding hydrogens is 440 g/mol. The molecule has 0 aliphatic heterocycles. The van der Waals surface area contributed by atoms with E-state index >= 15 is 0 Å². The van der Waals surface area contributed by atoms with Crippen LogP contribution in [0.4, 0.5) is 11.4 Å². The van der Waals surface area contributed by atoms with Crippen LogP contribution >= 0.6 is 0 Å². The normalized spacial score (nSPS) is 10.4. The molecule has 0 aliphatic rings. The molecule has 3 aromatic rings. The summed E-state index contributed by atoms with van der Waals surface area (Å²) in [6.07, 6.45) is 6.05. The Morgan fingerprint density at radius 2 is 1.34 bits per heavy atom. The zero-order chi connectivity index (χ0) is 24.6. The molecule has 0 heterocycles. The Hall–Kier alpha value is -3.67. The summed E-state index contributed by atoms with van der Waals surface area (Å²) in [7, 11) is 0. The van der Waals surface area contributed by atoms with Crippen LogP contribution in [-0.4, -0.2) is 32.3 Å². The number of hydrogen-bond acceptors (Lipinski definition) is 5. The van der Waals surface area contributed by atoms with Crippen LogP contribution in [0.15, 0.2) is 78.9 Å². The van der Waals surface area contributed by atoms with Gasteiger partial charge in [0.15, 0.2) is 0 Å². The molecule has 186 valence electrons. The van der Waals surface area contributed by atoms with Crippen molar-refractivity contribution in [3.05, 3.63) is 78.9 Å². The van der Waals surface area contributed by atoms with Gasteiger partial charge in [-0.3, -0.25) is 4.79 Å². The van der Waals surface area contributed by atoms with Gasteiger partial charge in [-0.15, -0.1) is 0 Å². The topological polar surface area (TPSA) is 68.8 Å². The van der Waals surface area contributed by atoms with Gasteiger partial charge in [-0.2, -0.15) is 0 Å². The van der Waals surface area contributed by atoms with Crippen molar-refractivity contribution in [2.45, 2.75) is 39.0 Å². The van der Waals surface area contributed by atoms with Crippen molar-refractivity contribution in [2.24, 2.45) is 0 Å². The van der Waals surface area contributed by atoms with Crippen LogP contribution in [0.5, 0.6) is 17.2 Å². The van der Waals surface area contributed by atoms with E-state index in [0.29, 0.717) is 19.0 Å². The van der Waals surface area contributed by atoms with E-state index in [-0.39, 0.29) is 12.5 Å². The van der Waals surface area contributed by atoms with Crippen molar-refractivity contribution in [2.75, 3.05) is 37.0 Å². The van der Waals surface area contributed by atoms with Crippen molar-refractivity contribution in [3.8, 4) is 17.2 Å². The molecule has 0 spiro atoms. The predicted octanol–water partition coefficient (Wildman–Crippen LogP) is 6.54. The minimum Gasteiger partial charge on any atom is -0.494 e. The molecule has 0 bridgehead atoms. The Morgan fingerprint density at radius 3 is 2.14 bits per heavy atom. The number of para-hydroxylation sites is 3. The predicted molar refractivity (Wildman–Crippen MR) is 142 cm³/mol. The fraction of sp³-hybridized carbons (Fsp3) is 0.345. The average molecular weight is 477 g/mol. The van der Waals surface area contributed by atoms with E-state index < -0.39 is 0 Å². The minimum atomic E-state index is -0.142. The van der Waals surface area contributed by atoms with Gasteiger partial charge in [-0.1, -0.05) is 62.9 Å². The standard InChI is InChI=1S/C29H36N2O4/c1-2-3-4-5-11-20-33-26-18-16-24(17-19-26)31-29(32)23-30-27-14-9-10-15-28(27)35-22-21-34-25-12-7-6-8-13-25/h6-10,12-19,30H,2-5,11,20-23H2,1H3,(H,31,32). The van der Waals surface area contributed by atoms with Crippen LogP contribution in [0.25, 0.3) is 0 Å². The molecular formula is C29H36N2O4. The highest BCUT2D eigenvalue weighted by atomic mass is 16.5. The van der Waals surface area contributed by atoms with Crippen LogP contribution < -0.4 is 24.8 Å². The summed E-state index contributed by atoms with van der Waals surface area (Å²) in [5, 5.41) is 6.05. The third kappa shape index (κ3) is 10.0. The Morgan fingerprint density at radius 1 is 0.686 bits per heavy atom. The summed E-state index contributed by atoms with van der Waals surface area (Å²) in [6.45, 7) is 3.88. The molecule has 3 rings (SSSR count).